The Balaban J connectivity index is 3.02. The fourth-order valence-electron chi connectivity index (χ4n) is 1.36. The van der Waals surface area contributed by atoms with Crippen LogP contribution < -0.4 is 0 Å². The van der Waals surface area contributed by atoms with Gasteiger partial charge in [0.1, 0.15) is 0 Å². The Morgan fingerprint density at radius 1 is 1.19 bits per heavy atom. The van der Waals surface area contributed by atoms with Crippen LogP contribution in [0.2, 0.25) is 0 Å². The average Bonchev–Trinajstić information content (AvgIpc) is 2.61. The number of carbonyl (C=O) groups excluding carboxylic acids is 2. The van der Waals surface area contributed by atoms with Crippen LogP contribution in [0.15, 0.2) is 6.20 Å². The fraction of sp³-hybridized carbons (Fsp3) is 0.455. The Morgan fingerprint density at radius 3 is 2.31 bits per heavy atom. The summed E-state index contributed by atoms with van der Waals surface area (Å²) in [5.41, 5.74) is 1.07. The summed E-state index contributed by atoms with van der Waals surface area (Å²) >= 11 is 0. The topological polar surface area (TPSA) is 68.4 Å². The van der Waals surface area contributed by atoms with Gasteiger partial charge in [0.25, 0.3) is 0 Å². The Hall–Kier alpha value is -1.78. The molecule has 0 amide bonds. The normalized spacial score (nSPS) is 9.94. The van der Waals surface area contributed by atoms with Crippen molar-refractivity contribution in [2.24, 2.45) is 0 Å². The molecule has 0 saturated heterocycles. The maximum absolute atomic E-state index is 11.6. The lowest BCUT2D eigenvalue weighted by molar-refractivity contribution is 0.0479. The van der Waals surface area contributed by atoms with Crippen LogP contribution in [0, 0.1) is 6.92 Å². The molecule has 16 heavy (non-hydrogen) atoms. The van der Waals surface area contributed by atoms with E-state index in [0.717, 1.165) is 0 Å². The Kier molecular flexibility index (Phi) is 4.10. The molecule has 1 heterocycles. The second kappa shape index (κ2) is 5.34. The van der Waals surface area contributed by atoms with Crippen molar-refractivity contribution >= 4 is 11.9 Å². The smallest absolute Gasteiger partial charge is 0.340 e. The van der Waals surface area contributed by atoms with Crippen LogP contribution in [-0.2, 0) is 9.47 Å². The number of ether oxygens (including phenoxy) is 2. The molecular formula is C11H15NO4. The monoisotopic (exact) mass is 225 g/mol. The molecule has 88 valence electrons. The summed E-state index contributed by atoms with van der Waals surface area (Å²) in [7, 11) is 0. The lowest BCUT2D eigenvalue weighted by Crippen LogP contribution is -2.12. The van der Waals surface area contributed by atoms with Crippen LogP contribution in [-0.4, -0.2) is 30.1 Å². The summed E-state index contributed by atoms with van der Waals surface area (Å²) in [4.78, 5) is 26.0. The van der Waals surface area contributed by atoms with Gasteiger partial charge in [0.15, 0.2) is 0 Å². The number of H-pyrrole nitrogens is 1. The molecule has 0 spiro atoms. The number of aryl methyl sites for hydroxylation is 1. The molecular weight excluding hydrogens is 210 g/mol. The Morgan fingerprint density at radius 2 is 1.75 bits per heavy atom. The largest absolute Gasteiger partial charge is 0.462 e. The van der Waals surface area contributed by atoms with Crippen molar-refractivity contribution in [3.63, 3.8) is 0 Å². The molecule has 0 aliphatic carbocycles. The van der Waals surface area contributed by atoms with Gasteiger partial charge in [-0.2, -0.15) is 0 Å². The summed E-state index contributed by atoms with van der Waals surface area (Å²) in [5, 5.41) is 0. The van der Waals surface area contributed by atoms with E-state index in [2.05, 4.69) is 4.98 Å². The predicted molar refractivity (Wildman–Crippen MR) is 57.4 cm³/mol. The van der Waals surface area contributed by atoms with Crippen molar-refractivity contribution in [3.05, 3.63) is 23.0 Å². The van der Waals surface area contributed by atoms with Crippen LogP contribution in [0.25, 0.3) is 0 Å². The van der Waals surface area contributed by atoms with E-state index in [4.69, 9.17) is 9.47 Å². The minimum Gasteiger partial charge on any atom is -0.462 e. The molecule has 0 unspecified atom stereocenters. The van der Waals surface area contributed by atoms with Gasteiger partial charge in [-0.25, -0.2) is 9.59 Å². The molecule has 0 saturated carbocycles. The van der Waals surface area contributed by atoms with Gasteiger partial charge in [-0.15, -0.1) is 0 Å². The lowest BCUT2D eigenvalue weighted by Gasteiger charge is -2.04. The maximum Gasteiger partial charge on any atom is 0.340 e. The third-order valence-electron chi connectivity index (χ3n) is 2.05. The highest BCUT2D eigenvalue weighted by Crippen LogP contribution is 2.16. The summed E-state index contributed by atoms with van der Waals surface area (Å²) in [6.07, 6.45) is 1.46. The van der Waals surface area contributed by atoms with Crippen LogP contribution in [0.4, 0.5) is 0 Å². The number of hydrogen-bond acceptors (Lipinski definition) is 4. The molecule has 1 aromatic rings. The minimum absolute atomic E-state index is 0.220. The Labute approximate surface area is 93.7 Å². The van der Waals surface area contributed by atoms with Gasteiger partial charge in [-0.1, -0.05) is 0 Å². The second-order valence-electron chi connectivity index (χ2n) is 3.14. The van der Waals surface area contributed by atoms with E-state index in [1.54, 1.807) is 20.8 Å². The van der Waals surface area contributed by atoms with E-state index < -0.39 is 11.9 Å². The predicted octanol–water partition coefficient (Wildman–Crippen LogP) is 1.68. The molecule has 0 fully saturated rings. The van der Waals surface area contributed by atoms with Crippen LogP contribution in [0.1, 0.15) is 40.3 Å². The molecule has 0 radical (unpaired) electrons. The highest BCUT2D eigenvalue weighted by atomic mass is 16.5. The highest BCUT2D eigenvalue weighted by Gasteiger charge is 2.22. The van der Waals surface area contributed by atoms with Crippen LogP contribution in [0.3, 0.4) is 0 Å². The van der Waals surface area contributed by atoms with Crippen LogP contribution in [0.5, 0.6) is 0 Å². The van der Waals surface area contributed by atoms with Crippen molar-refractivity contribution in [3.8, 4) is 0 Å². The summed E-state index contributed by atoms with van der Waals surface area (Å²) in [6.45, 7) is 5.66. The molecule has 1 N–H and O–H groups in total. The number of aromatic nitrogens is 1. The summed E-state index contributed by atoms with van der Waals surface area (Å²) < 4.78 is 9.71. The van der Waals surface area contributed by atoms with E-state index in [1.165, 1.54) is 6.20 Å². The van der Waals surface area contributed by atoms with E-state index in [9.17, 15) is 9.59 Å². The van der Waals surface area contributed by atoms with Gasteiger partial charge >= 0.3 is 11.9 Å². The lowest BCUT2D eigenvalue weighted by atomic mass is 10.1. The Bertz CT molecular complexity index is 395. The number of carbonyl (C=O) groups is 2. The zero-order chi connectivity index (χ0) is 12.1. The van der Waals surface area contributed by atoms with Gasteiger partial charge in [0.2, 0.25) is 0 Å². The van der Waals surface area contributed by atoms with E-state index in [-0.39, 0.29) is 24.3 Å². The maximum atomic E-state index is 11.6. The molecule has 0 atom stereocenters. The SMILES string of the molecule is CCOC(=O)c1c[nH]c(C)c1C(=O)OCC. The van der Waals surface area contributed by atoms with Gasteiger partial charge in [-0.05, 0) is 20.8 Å². The second-order valence-corrected chi connectivity index (χ2v) is 3.14. The standard InChI is InChI=1S/C11H15NO4/c1-4-15-10(13)8-6-12-7(3)9(8)11(14)16-5-2/h6,12H,4-5H2,1-3H3. The van der Waals surface area contributed by atoms with Gasteiger partial charge < -0.3 is 14.5 Å². The first-order valence-electron chi connectivity index (χ1n) is 5.14. The van der Waals surface area contributed by atoms with Gasteiger partial charge in [0.05, 0.1) is 24.3 Å². The zero-order valence-corrected chi connectivity index (χ0v) is 9.62. The van der Waals surface area contributed by atoms with Crippen molar-refractivity contribution < 1.29 is 19.1 Å². The van der Waals surface area contributed by atoms with E-state index >= 15 is 0 Å². The molecule has 1 rings (SSSR count). The van der Waals surface area contributed by atoms with Crippen molar-refractivity contribution in [2.75, 3.05) is 13.2 Å². The van der Waals surface area contributed by atoms with Gasteiger partial charge in [-0.3, -0.25) is 0 Å². The number of rotatable bonds is 4. The minimum atomic E-state index is -0.519. The van der Waals surface area contributed by atoms with Crippen LogP contribution >= 0.6 is 0 Å². The van der Waals surface area contributed by atoms with Crippen molar-refractivity contribution in [2.45, 2.75) is 20.8 Å². The first-order chi connectivity index (χ1) is 7.61. The van der Waals surface area contributed by atoms with E-state index in [1.807, 2.05) is 0 Å². The number of nitrogens with one attached hydrogen (secondary N) is 1. The molecule has 5 heteroatoms. The van der Waals surface area contributed by atoms with Crippen molar-refractivity contribution in [1.29, 1.82) is 0 Å². The quantitative estimate of drug-likeness (QED) is 0.791. The molecule has 0 bridgehead atoms. The highest BCUT2D eigenvalue weighted by molar-refractivity contribution is 6.04. The summed E-state index contributed by atoms with van der Waals surface area (Å²) in [5.74, 6) is -1.03. The van der Waals surface area contributed by atoms with E-state index in [0.29, 0.717) is 5.69 Å². The third kappa shape index (κ3) is 2.42. The van der Waals surface area contributed by atoms with Crippen molar-refractivity contribution in [1.82, 2.24) is 4.98 Å². The number of esters is 2. The molecule has 0 aromatic carbocycles. The first-order valence-corrected chi connectivity index (χ1v) is 5.14. The van der Waals surface area contributed by atoms with Gasteiger partial charge in [0, 0.05) is 11.9 Å². The molecule has 0 aliphatic heterocycles. The number of aromatic amines is 1. The third-order valence-corrected chi connectivity index (χ3v) is 2.05. The molecule has 0 aliphatic rings. The first kappa shape index (κ1) is 12.3. The summed E-state index contributed by atoms with van der Waals surface area (Å²) in [6, 6.07) is 0. The zero-order valence-electron chi connectivity index (χ0n) is 9.62. The average molecular weight is 225 g/mol. The fourth-order valence-corrected chi connectivity index (χ4v) is 1.36. The molecule has 1 aromatic heterocycles. The molecule has 5 nitrogen and oxygen atoms in total. The number of hydrogen-bond donors (Lipinski definition) is 1.